The fraction of sp³-hybridized carbons (Fsp3) is 0.327. The summed E-state index contributed by atoms with van der Waals surface area (Å²) < 4.78 is 114. The molecule has 0 aromatic heterocycles. The maximum absolute atomic E-state index is 12.2. The van der Waals surface area contributed by atoms with Crippen LogP contribution < -0.4 is 15.1 Å². The van der Waals surface area contributed by atoms with Crippen molar-refractivity contribution in [2.45, 2.75) is 87.8 Å². The van der Waals surface area contributed by atoms with Crippen LogP contribution in [0.5, 0.6) is 0 Å². The highest BCUT2D eigenvalue weighted by molar-refractivity contribution is 7.94. The van der Waals surface area contributed by atoms with Crippen LogP contribution >= 0.6 is 12.0 Å². The first-order valence-electron chi connectivity index (χ1n) is 21.8. The largest absolute Gasteiger partial charge is 0.748 e. The zero-order valence-electron chi connectivity index (χ0n) is 38.4. The molecule has 68 heavy (non-hydrogen) atoms. The number of benzene rings is 4. The Morgan fingerprint density at radius 1 is 0.735 bits per heavy atom. The Morgan fingerprint density at radius 2 is 1.35 bits per heavy atom. The summed E-state index contributed by atoms with van der Waals surface area (Å²) >= 11 is 0.761. The number of aryl methyl sites for hydroxylation is 2. The van der Waals surface area contributed by atoms with Gasteiger partial charge in [0.15, 0.2) is 5.71 Å². The molecule has 4 aromatic carbocycles. The Hall–Kier alpha value is -4.93. The molecule has 0 bridgehead atoms. The topological polar surface area (TPSA) is 223 Å². The molecule has 0 N–H and O–H groups in total. The fourth-order valence-electron chi connectivity index (χ4n) is 9.33. The van der Waals surface area contributed by atoms with Crippen LogP contribution in [0.25, 0.3) is 0 Å². The average molecular weight is 1000 g/mol. The summed E-state index contributed by atoms with van der Waals surface area (Å²) in [6.07, 6.45) is 9.30. The molecule has 2 heterocycles. The van der Waals surface area contributed by atoms with E-state index in [4.69, 9.17) is 0 Å². The van der Waals surface area contributed by atoms with E-state index in [9.17, 15) is 44.2 Å². The molecule has 362 valence electrons. The monoisotopic (exact) mass is 1000 g/mol. The quantitative estimate of drug-likeness (QED) is 0.0306. The summed E-state index contributed by atoms with van der Waals surface area (Å²) in [5, 5.41) is 14.3. The highest BCUT2D eigenvalue weighted by atomic mass is 32.2. The lowest BCUT2D eigenvalue weighted by atomic mass is 9.81. The summed E-state index contributed by atoms with van der Waals surface area (Å²) in [4.78, 5) is 4.29. The van der Waals surface area contributed by atoms with E-state index in [1.54, 1.807) is 12.1 Å². The molecule has 0 spiro atoms. The molecule has 3 aliphatic rings. The maximum Gasteiger partial charge on any atom is 0.209 e. The normalized spacial score (nSPS) is 18.1. The Kier molecular flexibility index (Phi) is 14.8. The molecule has 0 atom stereocenters. The molecule has 15 nitrogen and oxygen atoms in total. The number of fused-ring (bicyclic) bond motifs is 2. The van der Waals surface area contributed by atoms with Crippen LogP contribution in [0.2, 0.25) is 0 Å². The fourth-order valence-corrected chi connectivity index (χ4v) is 11.2. The number of rotatable bonds is 18. The number of hydrogen-bond acceptors (Lipinski definition) is 15. The minimum atomic E-state index is -4.81. The van der Waals surface area contributed by atoms with Crippen LogP contribution in [0.3, 0.4) is 0 Å². The van der Waals surface area contributed by atoms with E-state index >= 15 is 0 Å². The molecule has 19 heteroatoms. The lowest BCUT2D eigenvalue weighted by Crippen LogP contribution is -2.28. The molecule has 0 amide bonds. The average Bonchev–Trinajstić information content (AvgIpc) is 3.82. The number of anilines is 3. The van der Waals surface area contributed by atoms with E-state index in [0.29, 0.717) is 34.7 Å². The van der Waals surface area contributed by atoms with Crippen molar-refractivity contribution in [3.8, 4) is 0 Å². The number of allylic oxidation sites excluding steroid dienone is 7. The third-order valence-electron chi connectivity index (χ3n) is 12.7. The van der Waals surface area contributed by atoms with Crippen molar-refractivity contribution in [1.29, 1.82) is 0 Å². The van der Waals surface area contributed by atoms with Gasteiger partial charge in [0.05, 0.1) is 48.3 Å². The van der Waals surface area contributed by atoms with Crippen molar-refractivity contribution in [3.63, 3.8) is 0 Å². The summed E-state index contributed by atoms with van der Waals surface area (Å²) in [6.45, 7) is 12.3. The van der Waals surface area contributed by atoms with E-state index in [-0.39, 0.29) is 25.9 Å². The van der Waals surface area contributed by atoms with Crippen LogP contribution in [0, 0.1) is 13.8 Å². The van der Waals surface area contributed by atoms with Crippen LogP contribution in [0.4, 0.5) is 22.7 Å². The Labute approximate surface area is 403 Å². The van der Waals surface area contributed by atoms with Gasteiger partial charge in [0.2, 0.25) is 5.69 Å². The molecule has 4 aromatic rings. The minimum Gasteiger partial charge on any atom is -0.748 e. The summed E-state index contributed by atoms with van der Waals surface area (Å²) in [5.41, 5.74) is 9.53. The van der Waals surface area contributed by atoms with Gasteiger partial charge in [-0.05, 0) is 124 Å². The molecule has 1 aliphatic carbocycles. The molecule has 0 unspecified atom stereocenters. The van der Waals surface area contributed by atoms with E-state index in [1.807, 2.05) is 106 Å². The Morgan fingerprint density at radius 3 is 1.94 bits per heavy atom. The van der Waals surface area contributed by atoms with E-state index in [1.165, 1.54) is 12.1 Å². The van der Waals surface area contributed by atoms with Crippen LogP contribution in [-0.4, -0.2) is 73.8 Å². The van der Waals surface area contributed by atoms with Gasteiger partial charge in [-0.3, -0.25) is 5.04 Å². The summed E-state index contributed by atoms with van der Waals surface area (Å²) in [6, 6.07) is 26.0. The van der Waals surface area contributed by atoms with Crippen molar-refractivity contribution in [2.75, 3.05) is 34.4 Å². The molecule has 0 saturated heterocycles. The van der Waals surface area contributed by atoms with Gasteiger partial charge in [-0.15, -0.1) is 0 Å². The van der Waals surface area contributed by atoms with Gasteiger partial charge in [0.1, 0.15) is 16.7 Å². The molecule has 0 saturated carbocycles. The van der Waals surface area contributed by atoms with Crippen molar-refractivity contribution >= 4 is 70.9 Å². The van der Waals surface area contributed by atoms with Crippen molar-refractivity contribution in [2.24, 2.45) is 0 Å². The van der Waals surface area contributed by atoms with Gasteiger partial charge >= 0.3 is 0 Å². The van der Waals surface area contributed by atoms with E-state index in [2.05, 4.69) is 44.6 Å². The summed E-state index contributed by atoms with van der Waals surface area (Å²) in [7, 11) is -13.8. The van der Waals surface area contributed by atoms with Gasteiger partial charge in [-0.1, -0.05) is 61.4 Å². The van der Waals surface area contributed by atoms with Gasteiger partial charge in [0, 0.05) is 75.2 Å². The number of hydrogen-bond donors (Lipinski definition) is 0. The molecule has 7 rings (SSSR count). The second kappa shape index (κ2) is 19.8. The van der Waals surface area contributed by atoms with Gasteiger partial charge in [0.25, 0.3) is 0 Å². The maximum atomic E-state index is 12.2. The third-order valence-corrected chi connectivity index (χ3v) is 15.7. The first-order valence-corrected chi connectivity index (χ1v) is 27.1. The number of nitrogens with zero attached hydrogens (tertiary/aromatic N) is 3. The molecule has 0 radical (unpaired) electrons. The standard InChI is InChI=1S/C49H55N3O12S4/c1-33-9-17-37(18-10-33)52(38-19-11-34(2)12-20-38)47-35(15-25-45-48(3,4)41-31-39(65-64-63-53)21-23-43(41)50(45)27-7-29-66(54,55)56)13-14-36(47)16-26-46-49(5,6)42-32-40(68(60,61)62)22-24-44(42)51(46)28-8-30-67(57,58)59/h9-12,15-26,31-32H,7-8,13-14,27-30H2,1-6H3,(H3-,53,54,55,56,57,58,59,60,61,62)/p-3. The highest BCUT2D eigenvalue weighted by Crippen LogP contribution is 2.50. The summed E-state index contributed by atoms with van der Waals surface area (Å²) in [5.74, 6) is -1.15. The predicted molar refractivity (Wildman–Crippen MR) is 256 cm³/mol. The molecule has 0 fully saturated rings. The lowest BCUT2D eigenvalue weighted by Gasteiger charge is -2.29. The zero-order chi connectivity index (χ0) is 49.4. The second-order valence-corrected chi connectivity index (χ2v) is 23.4. The lowest BCUT2D eigenvalue weighted by molar-refractivity contribution is -0.777. The van der Waals surface area contributed by atoms with E-state index in [0.717, 1.165) is 68.4 Å². The third kappa shape index (κ3) is 11.2. The van der Waals surface area contributed by atoms with Gasteiger partial charge in [-0.25, -0.2) is 25.3 Å². The molecular weight excluding hydrogens is 951 g/mol. The first-order chi connectivity index (χ1) is 31.9. The Bertz CT molecular complexity index is 3060. The zero-order valence-corrected chi connectivity index (χ0v) is 41.7. The van der Waals surface area contributed by atoms with Gasteiger partial charge in [-0.2, -0.15) is 8.91 Å². The Balaban J connectivity index is 1.42. The van der Waals surface area contributed by atoms with Crippen molar-refractivity contribution < 1.29 is 58.1 Å². The van der Waals surface area contributed by atoms with E-state index < -0.39 is 57.6 Å². The first kappa shape index (κ1) is 50.9. The smallest absolute Gasteiger partial charge is 0.209 e. The molecular formula is C49H52N3O12S4-3. The van der Waals surface area contributed by atoms with Crippen LogP contribution in [0.15, 0.2) is 142 Å². The SMILES string of the molecule is Cc1ccc(N(C2=C(C=CC3=[N+](CCCS(=O)(=O)[O-])c4ccc(SOO[O-])cc4C3(C)C)CCC2=CC=C2N(CCCS(=O)(=O)[O-])c3ccc(S(=O)(=O)[O-])cc3C2(C)C)c2ccc(C)cc2)cc1. The second-order valence-electron chi connectivity index (χ2n) is 18.2. The highest BCUT2D eigenvalue weighted by Gasteiger charge is 2.45. The minimum absolute atomic E-state index is 0.00313. The van der Waals surface area contributed by atoms with Crippen LogP contribution in [0.1, 0.15) is 75.6 Å². The van der Waals surface area contributed by atoms with Crippen molar-refractivity contribution in [3.05, 3.63) is 154 Å². The van der Waals surface area contributed by atoms with Crippen LogP contribution in [-0.2, 0) is 50.6 Å². The van der Waals surface area contributed by atoms with Gasteiger partial charge < -0.3 is 28.7 Å². The predicted octanol–water partition coefficient (Wildman–Crippen LogP) is 7.74. The molecule has 2 aliphatic heterocycles. The van der Waals surface area contributed by atoms with Crippen molar-refractivity contribution in [1.82, 2.24) is 0 Å².